The van der Waals surface area contributed by atoms with E-state index in [1.807, 2.05) is 14.1 Å². The second kappa shape index (κ2) is 3.10. The number of aromatic amines is 1. The van der Waals surface area contributed by atoms with Gasteiger partial charge in [0.2, 0.25) is 0 Å². The Labute approximate surface area is 75.8 Å². The van der Waals surface area contributed by atoms with Gasteiger partial charge >= 0.3 is 0 Å². The minimum atomic E-state index is 0.729. The summed E-state index contributed by atoms with van der Waals surface area (Å²) in [6, 6.07) is 0. The average Bonchev–Trinajstić information content (AvgIpc) is 2.51. The predicted molar refractivity (Wildman–Crippen MR) is 49.1 cm³/mol. The van der Waals surface area contributed by atoms with Crippen molar-refractivity contribution in [3.63, 3.8) is 0 Å². The van der Waals surface area contributed by atoms with Crippen LogP contribution in [0.4, 0.5) is 0 Å². The largest absolute Gasteiger partial charge is 0.342 e. The lowest BCUT2D eigenvalue weighted by molar-refractivity contribution is 0.398. The van der Waals surface area contributed by atoms with Crippen molar-refractivity contribution in [3.8, 4) is 0 Å². The molecule has 0 unspecified atom stereocenters. The van der Waals surface area contributed by atoms with Crippen LogP contribution in [0.5, 0.6) is 0 Å². The maximum Gasteiger partial charge on any atom is 0.180 e. The minimum absolute atomic E-state index is 0.729. The van der Waals surface area contributed by atoms with Gasteiger partial charge in [-0.05, 0) is 14.1 Å². The van der Waals surface area contributed by atoms with Crippen molar-refractivity contribution in [2.24, 2.45) is 0 Å². The summed E-state index contributed by atoms with van der Waals surface area (Å²) in [5.41, 5.74) is 2.63. The van der Waals surface area contributed by atoms with Gasteiger partial charge in [-0.3, -0.25) is 0 Å². The van der Waals surface area contributed by atoms with Crippen molar-refractivity contribution >= 4 is 11.2 Å². The summed E-state index contributed by atoms with van der Waals surface area (Å²) in [6.07, 6.45) is 3.18. The highest BCUT2D eigenvalue weighted by atomic mass is 15.1. The fraction of sp³-hybridized carbons (Fsp3) is 0.375. The maximum atomic E-state index is 4.20. The molecule has 0 bridgehead atoms. The second-order valence-electron chi connectivity index (χ2n) is 3.16. The summed E-state index contributed by atoms with van der Waals surface area (Å²) in [4.78, 5) is 17.4. The molecule has 68 valence electrons. The summed E-state index contributed by atoms with van der Waals surface area (Å²) in [7, 11) is 4.01. The van der Waals surface area contributed by atoms with Crippen LogP contribution in [-0.2, 0) is 6.54 Å². The van der Waals surface area contributed by atoms with Gasteiger partial charge in [0.25, 0.3) is 0 Å². The van der Waals surface area contributed by atoms with E-state index in [1.54, 1.807) is 12.7 Å². The summed E-state index contributed by atoms with van der Waals surface area (Å²) in [6.45, 7) is 0.793. The molecule has 0 aliphatic heterocycles. The standard InChI is InChI=1S/C8H11N5/c1-13(2)3-6-7-8(11-4-9-6)12-5-10-7/h4-5H,3H2,1-2H3,(H,9,10,11,12). The first-order chi connectivity index (χ1) is 6.27. The molecule has 13 heavy (non-hydrogen) atoms. The lowest BCUT2D eigenvalue weighted by Crippen LogP contribution is -2.12. The lowest BCUT2D eigenvalue weighted by Gasteiger charge is -2.08. The molecule has 0 fully saturated rings. The fourth-order valence-corrected chi connectivity index (χ4v) is 1.23. The first-order valence-electron chi connectivity index (χ1n) is 4.05. The molecule has 0 aliphatic rings. The molecule has 2 rings (SSSR count). The Morgan fingerprint density at radius 2 is 2.15 bits per heavy atom. The molecule has 5 nitrogen and oxygen atoms in total. The van der Waals surface area contributed by atoms with E-state index in [4.69, 9.17) is 0 Å². The third-order valence-corrected chi connectivity index (χ3v) is 1.77. The topological polar surface area (TPSA) is 57.7 Å². The van der Waals surface area contributed by atoms with Gasteiger partial charge in [-0.25, -0.2) is 15.0 Å². The molecule has 2 aromatic rings. The highest BCUT2D eigenvalue weighted by molar-refractivity contribution is 5.71. The molecule has 5 heteroatoms. The van der Waals surface area contributed by atoms with Crippen molar-refractivity contribution in [1.29, 1.82) is 0 Å². The number of nitrogens with one attached hydrogen (secondary N) is 1. The third-order valence-electron chi connectivity index (χ3n) is 1.77. The second-order valence-corrected chi connectivity index (χ2v) is 3.16. The Hall–Kier alpha value is -1.49. The summed E-state index contributed by atoms with van der Waals surface area (Å²) in [5.74, 6) is 0. The first kappa shape index (κ1) is 8.12. The number of imidazole rings is 1. The number of H-pyrrole nitrogens is 1. The van der Waals surface area contributed by atoms with E-state index in [0.717, 1.165) is 23.4 Å². The van der Waals surface area contributed by atoms with E-state index in [2.05, 4.69) is 24.8 Å². The Balaban J connectivity index is 2.48. The van der Waals surface area contributed by atoms with Crippen molar-refractivity contribution in [2.75, 3.05) is 14.1 Å². The number of fused-ring (bicyclic) bond motifs is 1. The van der Waals surface area contributed by atoms with Crippen LogP contribution in [0, 0.1) is 0 Å². The highest BCUT2D eigenvalue weighted by Crippen LogP contribution is 2.09. The number of nitrogens with zero attached hydrogens (tertiary/aromatic N) is 4. The summed E-state index contributed by atoms with van der Waals surface area (Å²) >= 11 is 0. The quantitative estimate of drug-likeness (QED) is 0.722. The van der Waals surface area contributed by atoms with Gasteiger partial charge in [0.1, 0.15) is 11.8 Å². The Bertz CT molecular complexity index is 406. The predicted octanol–water partition coefficient (Wildman–Crippen LogP) is 0.414. The molecule has 0 atom stereocenters. The molecule has 1 N–H and O–H groups in total. The van der Waals surface area contributed by atoms with Gasteiger partial charge in [-0.1, -0.05) is 0 Å². The number of rotatable bonds is 2. The van der Waals surface area contributed by atoms with Crippen LogP contribution < -0.4 is 0 Å². The Morgan fingerprint density at radius 1 is 1.31 bits per heavy atom. The number of aromatic nitrogens is 4. The van der Waals surface area contributed by atoms with Gasteiger partial charge < -0.3 is 9.88 Å². The highest BCUT2D eigenvalue weighted by Gasteiger charge is 2.05. The first-order valence-corrected chi connectivity index (χ1v) is 4.05. The maximum absolute atomic E-state index is 4.20. The van der Waals surface area contributed by atoms with Crippen LogP contribution >= 0.6 is 0 Å². The number of hydrogen-bond acceptors (Lipinski definition) is 4. The summed E-state index contributed by atoms with van der Waals surface area (Å²) < 4.78 is 0. The molecular formula is C8H11N5. The van der Waals surface area contributed by atoms with Crippen LogP contribution in [0.25, 0.3) is 11.2 Å². The molecule has 0 spiro atoms. The van der Waals surface area contributed by atoms with Gasteiger partial charge in [0.15, 0.2) is 5.65 Å². The van der Waals surface area contributed by atoms with Crippen LogP contribution in [0.1, 0.15) is 5.69 Å². The molecular weight excluding hydrogens is 166 g/mol. The van der Waals surface area contributed by atoms with E-state index < -0.39 is 0 Å². The van der Waals surface area contributed by atoms with Crippen LogP contribution in [0.2, 0.25) is 0 Å². The molecule has 0 aromatic carbocycles. The third kappa shape index (κ3) is 1.50. The van der Waals surface area contributed by atoms with E-state index >= 15 is 0 Å². The minimum Gasteiger partial charge on any atom is -0.342 e. The van der Waals surface area contributed by atoms with Crippen molar-refractivity contribution < 1.29 is 0 Å². The molecule has 0 radical (unpaired) electrons. The normalized spacial score (nSPS) is 11.3. The smallest absolute Gasteiger partial charge is 0.180 e. The van der Waals surface area contributed by atoms with E-state index in [9.17, 15) is 0 Å². The van der Waals surface area contributed by atoms with Gasteiger partial charge in [0, 0.05) is 6.54 Å². The van der Waals surface area contributed by atoms with Gasteiger partial charge in [-0.15, -0.1) is 0 Å². The average molecular weight is 177 g/mol. The van der Waals surface area contributed by atoms with E-state index in [-0.39, 0.29) is 0 Å². The van der Waals surface area contributed by atoms with Crippen LogP contribution in [-0.4, -0.2) is 38.9 Å². The Morgan fingerprint density at radius 3 is 2.92 bits per heavy atom. The van der Waals surface area contributed by atoms with Gasteiger partial charge in [0.05, 0.1) is 12.0 Å². The van der Waals surface area contributed by atoms with Crippen molar-refractivity contribution in [2.45, 2.75) is 6.54 Å². The van der Waals surface area contributed by atoms with Crippen molar-refractivity contribution in [3.05, 3.63) is 18.3 Å². The summed E-state index contributed by atoms with van der Waals surface area (Å²) in [5, 5.41) is 0. The molecule has 0 saturated heterocycles. The zero-order valence-corrected chi connectivity index (χ0v) is 7.65. The van der Waals surface area contributed by atoms with E-state index in [1.165, 1.54) is 0 Å². The molecule has 2 aromatic heterocycles. The monoisotopic (exact) mass is 177 g/mol. The zero-order valence-electron chi connectivity index (χ0n) is 7.65. The zero-order chi connectivity index (χ0) is 9.26. The lowest BCUT2D eigenvalue weighted by atomic mass is 10.3. The fourth-order valence-electron chi connectivity index (χ4n) is 1.23. The van der Waals surface area contributed by atoms with Gasteiger partial charge in [-0.2, -0.15) is 0 Å². The van der Waals surface area contributed by atoms with Crippen LogP contribution in [0.3, 0.4) is 0 Å². The van der Waals surface area contributed by atoms with Crippen LogP contribution in [0.15, 0.2) is 12.7 Å². The SMILES string of the molecule is CN(C)Cc1ncnc2nc[nH]c12. The molecule has 2 heterocycles. The van der Waals surface area contributed by atoms with E-state index in [0.29, 0.717) is 0 Å². The molecule has 0 amide bonds. The molecule has 0 saturated carbocycles. The number of hydrogen-bond donors (Lipinski definition) is 1. The molecule has 0 aliphatic carbocycles. The van der Waals surface area contributed by atoms with Crippen molar-refractivity contribution in [1.82, 2.24) is 24.8 Å². The Kier molecular flexibility index (Phi) is 1.94.